The van der Waals surface area contributed by atoms with E-state index in [1.165, 1.54) is 0 Å². The Morgan fingerprint density at radius 2 is 1.81 bits per heavy atom. The number of ether oxygens (including phenoxy) is 3. The van der Waals surface area contributed by atoms with Crippen molar-refractivity contribution >= 4 is 17.4 Å². The summed E-state index contributed by atoms with van der Waals surface area (Å²) in [5.41, 5.74) is 5.62. The van der Waals surface area contributed by atoms with Crippen LogP contribution in [0.5, 0.6) is 5.75 Å². The molecule has 1 N–H and O–H groups in total. The van der Waals surface area contributed by atoms with Crippen molar-refractivity contribution in [3.63, 3.8) is 0 Å². The fourth-order valence-electron chi connectivity index (χ4n) is 6.48. The molecule has 3 aliphatic rings. The van der Waals surface area contributed by atoms with E-state index >= 15 is 0 Å². The van der Waals surface area contributed by atoms with Crippen LogP contribution in [-0.4, -0.2) is 62.7 Å². The summed E-state index contributed by atoms with van der Waals surface area (Å²) < 4.78 is 20.9. The Kier molecular flexibility index (Phi) is 8.89. The van der Waals surface area contributed by atoms with Crippen molar-refractivity contribution in [3.8, 4) is 28.1 Å². The van der Waals surface area contributed by atoms with Crippen molar-refractivity contribution in [3.05, 3.63) is 77.5 Å². The standard InChI is InChI=1S/C38H46N4O5/c1-24-14-15-31-29(21-24)27-12-10-13-28(22-27)30-23-32-39-26(3)33(34(36(43)44)47-37(4,5)6)35(42(32)40-30)41-18-16-38(7,17-19-41)45-20-9-8-11-25(2)46-31/h8-10,12-15,21-23,25,34H,11,16-20H2,1-7H3,(H,43,44)/t25-,34-/m0/s1. The average Bonchev–Trinajstić information content (AvgIpc) is 3.43. The fraction of sp³-hybridized carbons (Fsp3) is 0.447. The van der Waals surface area contributed by atoms with Gasteiger partial charge in [0.25, 0.3) is 0 Å². The number of hydrogen-bond donors (Lipinski definition) is 1. The van der Waals surface area contributed by atoms with Gasteiger partial charge in [0.15, 0.2) is 11.8 Å². The van der Waals surface area contributed by atoms with Crippen molar-refractivity contribution in [2.24, 2.45) is 0 Å². The van der Waals surface area contributed by atoms with Crippen LogP contribution in [0.15, 0.2) is 60.7 Å². The molecule has 0 unspecified atom stereocenters. The van der Waals surface area contributed by atoms with Gasteiger partial charge < -0.3 is 24.2 Å². The number of aryl methyl sites for hydroxylation is 2. The maximum atomic E-state index is 12.8. The lowest BCUT2D eigenvalue weighted by atomic mass is 9.92. The summed E-state index contributed by atoms with van der Waals surface area (Å²) in [6, 6.07) is 16.5. The first-order valence-corrected chi connectivity index (χ1v) is 16.5. The molecule has 1 fully saturated rings. The first kappa shape index (κ1) is 32.7. The van der Waals surface area contributed by atoms with Crippen molar-refractivity contribution in [2.45, 2.75) is 91.1 Å². The molecule has 6 bridgehead atoms. The molecule has 9 heteroatoms. The number of benzene rings is 2. The summed E-state index contributed by atoms with van der Waals surface area (Å²) in [4.78, 5) is 19.9. The minimum atomic E-state index is -1.22. The Labute approximate surface area is 277 Å². The molecule has 0 amide bonds. The van der Waals surface area contributed by atoms with Crippen molar-refractivity contribution < 1.29 is 24.1 Å². The van der Waals surface area contributed by atoms with Gasteiger partial charge in [0, 0.05) is 42.4 Å². The van der Waals surface area contributed by atoms with Crippen LogP contribution in [0.4, 0.5) is 5.82 Å². The van der Waals surface area contributed by atoms with Crippen molar-refractivity contribution in [1.29, 1.82) is 0 Å². The molecule has 0 radical (unpaired) electrons. The van der Waals surface area contributed by atoms with Gasteiger partial charge in [0.2, 0.25) is 0 Å². The summed E-state index contributed by atoms with van der Waals surface area (Å²) >= 11 is 0. The number of nitrogens with zero attached hydrogens (tertiary/aromatic N) is 4. The summed E-state index contributed by atoms with van der Waals surface area (Å²) in [6.45, 7) is 15.6. The quantitative estimate of drug-likeness (QED) is 0.228. The van der Waals surface area contributed by atoms with Gasteiger partial charge in [-0.1, -0.05) is 42.0 Å². The average molecular weight is 639 g/mol. The topological polar surface area (TPSA) is 98.4 Å². The first-order chi connectivity index (χ1) is 22.3. The van der Waals surface area contributed by atoms with Crippen LogP contribution in [0.25, 0.3) is 28.0 Å². The Morgan fingerprint density at radius 1 is 1.06 bits per heavy atom. The Balaban J connectivity index is 1.55. The molecule has 3 aliphatic heterocycles. The summed E-state index contributed by atoms with van der Waals surface area (Å²) in [7, 11) is 0. The summed E-state index contributed by atoms with van der Waals surface area (Å²) in [6.07, 6.45) is 5.28. The number of hydrogen-bond acceptors (Lipinski definition) is 7. The van der Waals surface area contributed by atoms with Crippen molar-refractivity contribution in [2.75, 3.05) is 24.6 Å². The number of anilines is 1. The number of piperidine rings is 1. The molecular formula is C38H46N4O5. The minimum absolute atomic E-state index is 0.0161. The van der Waals surface area contributed by atoms with E-state index in [2.05, 4.69) is 62.1 Å². The predicted octanol–water partition coefficient (Wildman–Crippen LogP) is 7.72. The highest BCUT2D eigenvalue weighted by atomic mass is 16.5. The zero-order valence-corrected chi connectivity index (χ0v) is 28.5. The molecule has 47 heavy (non-hydrogen) atoms. The number of aromatic nitrogens is 3. The lowest BCUT2D eigenvalue weighted by Gasteiger charge is -2.41. The van der Waals surface area contributed by atoms with E-state index in [9.17, 15) is 9.90 Å². The van der Waals surface area contributed by atoms with E-state index in [1.54, 1.807) is 4.52 Å². The third-order valence-corrected chi connectivity index (χ3v) is 8.98. The van der Waals surface area contributed by atoms with Gasteiger partial charge >= 0.3 is 5.97 Å². The Hall–Kier alpha value is -4.21. The van der Waals surface area contributed by atoms with Crippen LogP contribution in [-0.2, 0) is 14.3 Å². The third-order valence-electron chi connectivity index (χ3n) is 8.98. The molecule has 248 valence electrons. The predicted molar refractivity (Wildman–Crippen MR) is 184 cm³/mol. The van der Waals surface area contributed by atoms with E-state index < -0.39 is 17.7 Å². The van der Waals surface area contributed by atoms with Gasteiger partial charge in [0.1, 0.15) is 11.6 Å². The fourth-order valence-corrected chi connectivity index (χ4v) is 6.48. The van der Waals surface area contributed by atoms with Gasteiger partial charge in [-0.3, -0.25) is 0 Å². The van der Waals surface area contributed by atoms with Crippen LogP contribution < -0.4 is 9.64 Å². The Morgan fingerprint density at radius 3 is 2.53 bits per heavy atom. The highest BCUT2D eigenvalue weighted by Gasteiger charge is 2.37. The van der Waals surface area contributed by atoms with Gasteiger partial charge in [-0.25, -0.2) is 9.78 Å². The van der Waals surface area contributed by atoms with Gasteiger partial charge in [-0.15, -0.1) is 0 Å². The van der Waals surface area contributed by atoms with Crippen LogP contribution in [0.3, 0.4) is 0 Å². The summed E-state index contributed by atoms with van der Waals surface area (Å²) in [5, 5.41) is 15.6. The number of carboxylic acid groups (broad SMARTS) is 1. The highest BCUT2D eigenvalue weighted by molar-refractivity contribution is 5.80. The maximum absolute atomic E-state index is 12.8. The monoisotopic (exact) mass is 638 g/mol. The second kappa shape index (κ2) is 12.8. The Bertz CT molecular complexity index is 1810. The number of aliphatic carboxylic acids is 1. The largest absolute Gasteiger partial charge is 0.490 e. The van der Waals surface area contributed by atoms with Crippen LogP contribution >= 0.6 is 0 Å². The first-order valence-electron chi connectivity index (χ1n) is 16.5. The zero-order valence-electron chi connectivity index (χ0n) is 28.5. The van der Waals surface area contributed by atoms with E-state index in [4.69, 9.17) is 24.3 Å². The highest BCUT2D eigenvalue weighted by Crippen LogP contribution is 2.39. The lowest BCUT2D eigenvalue weighted by molar-refractivity contribution is -0.160. The third kappa shape index (κ3) is 7.06. The number of carbonyl (C=O) groups is 1. The van der Waals surface area contributed by atoms with E-state index in [-0.39, 0.29) is 11.7 Å². The SMILES string of the molecule is Cc1ccc2c(c1)-c1cccc(c1)-c1cc3nc(C)c([C@H](OC(C)(C)C)C(=O)O)c(n3n1)N1CCC(C)(CC1)OCC=CC[C@H](C)O2. The minimum Gasteiger partial charge on any atom is -0.490 e. The van der Waals surface area contributed by atoms with E-state index in [1.807, 2.05) is 52.0 Å². The van der Waals surface area contributed by atoms with Gasteiger partial charge in [-0.05, 0) is 85.1 Å². The molecular weight excluding hydrogens is 592 g/mol. The van der Waals surface area contributed by atoms with Crippen LogP contribution in [0.1, 0.15) is 76.8 Å². The number of carboxylic acids is 1. The molecule has 1 saturated heterocycles. The van der Waals surface area contributed by atoms with Crippen LogP contribution in [0, 0.1) is 13.8 Å². The molecule has 2 atom stereocenters. The van der Waals surface area contributed by atoms with E-state index in [0.29, 0.717) is 42.4 Å². The molecule has 7 rings (SSSR count). The van der Waals surface area contributed by atoms with E-state index in [0.717, 1.165) is 53.0 Å². The smallest absolute Gasteiger partial charge is 0.337 e. The second-order valence-electron chi connectivity index (χ2n) is 14.1. The molecule has 0 saturated carbocycles. The molecule has 0 spiro atoms. The molecule has 0 aliphatic carbocycles. The number of rotatable bonds is 3. The maximum Gasteiger partial charge on any atom is 0.337 e. The normalized spacial score (nSPS) is 21.0. The molecule has 5 heterocycles. The molecule has 4 aromatic rings. The van der Waals surface area contributed by atoms with Crippen molar-refractivity contribution in [1.82, 2.24) is 14.6 Å². The molecule has 2 aromatic carbocycles. The molecule has 2 aromatic heterocycles. The zero-order chi connectivity index (χ0) is 33.5. The number of fused-ring (bicyclic) bond motifs is 7. The second-order valence-corrected chi connectivity index (χ2v) is 14.1. The summed E-state index contributed by atoms with van der Waals surface area (Å²) in [5.74, 6) is 0.468. The van der Waals surface area contributed by atoms with Crippen LogP contribution in [0.2, 0.25) is 0 Å². The lowest BCUT2D eigenvalue weighted by Crippen LogP contribution is -2.45. The molecule has 9 nitrogen and oxygen atoms in total. The van der Waals surface area contributed by atoms with Gasteiger partial charge in [-0.2, -0.15) is 9.61 Å². The van der Waals surface area contributed by atoms with Gasteiger partial charge in [0.05, 0.1) is 35.2 Å².